The minimum Gasteiger partial charge on any atom is -0.330 e. The molecule has 0 fully saturated rings. The lowest BCUT2D eigenvalue weighted by atomic mass is 9.99. The largest absolute Gasteiger partial charge is 0.330 e. The zero-order chi connectivity index (χ0) is 9.40. The van der Waals surface area contributed by atoms with Gasteiger partial charge in [-0.25, -0.2) is 0 Å². The molecule has 0 aliphatic rings. The summed E-state index contributed by atoms with van der Waals surface area (Å²) in [6.45, 7) is 6.08. The predicted molar refractivity (Wildman–Crippen MR) is 54.9 cm³/mol. The molecular weight excluding hydrogens is 148 g/mol. The molecule has 2 atom stereocenters. The van der Waals surface area contributed by atoms with Crippen LogP contribution in [0.25, 0.3) is 0 Å². The second-order valence-corrected chi connectivity index (χ2v) is 3.97. The molecule has 0 amide bonds. The SMILES string of the molecule is CC(CN)CCCCC(C)CN. The van der Waals surface area contributed by atoms with Crippen molar-refractivity contribution >= 4 is 0 Å². The number of hydrogen-bond donors (Lipinski definition) is 2. The van der Waals surface area contributed by atoms with Crippen LogP contribution in [0.15, 0.2) is 0 Å². The molecule has 0 bridgehead atoms. The summed E-state index contributed by atoms with van der Waals surface area (Å²) in [4.78, 5) is 0. The summed E-state index contributed by atoms with van der Waals surface area (Å²) in [5.74, 6) is 1.39. The highest BCUT2D eigenvalue weighted by molar-refractivity contribution is 4.56. The molecule has 0 aromatic heterocycles. The summed E-state index contributed by atoms with van der Waals surface area (Å²) >= 11 is 0. The molecule has 0 aliphatic heterocycles. The number of hydrogen-bond acceptors (Lipinski definition) is 2. The van der Waals surface area contributed by atoms with Crippen molar-refractivity contribution in [1.82, 2.24) is 0 Å². The number of nitrogens with two attached hydrogens (primary N) is 2. The van der Waals surface area contributed by atoms with Crippen molar-refractivity contribution in [2.75, 3.05) is 13.1 Å². The Morgan fingerprint density at radius 2 is 1.17 bits per heavy atom. The van der Waals surface area contributed by atoms with E-state index in [1.807, 2.05) is 0 Å². The molecule has 4 N–H and O–H groups in total. The van der Waals surface area contributed by atoms with E-state index in [9.17, 15) is 0 Å². The van der Waals surface area contributed by atoms with E-state index in [0.717, 1.165) is 13.1 Å². The van der Waals surface area contributed by atoms with Gasteiger partial charge in [0.25, 0.3) is 0 Å². The van der Waals surface area contributed by atoms with Gasteiger partial charge in [0.05, 0.1) is 0 Å². The zero-order valence-corrected chi connectivity index (χ0v) is 8.55. The Morgan fingerprint density at radius 3 is 1.42 bits per heavy atom. The lowest BCUT2D eigenvalue weighted by Crippen LogP contribution is -2.12. The molecule has 74 valence electrons. The fraction of sp³-hybridized carbons (Fsp3) is 1.00. The molecule has 0 spiro atoms. The highest BCUT2D eigenvalue weighted by atomic mass is 14.5. The first-order valence-electron chi connectivity index (χ1n) is 5.10. The van der Waals surface area contributed by atoms with E-state index in [1.54, 1.807) is 0 Å². The first-order chi connectivity index (χ1) is 5.70. The van der Waals surface area contributed by atoms with Crippen molar-refractivity contribution in [3.05, 3.63) is 0 Å². The normalized spacial score (nSPS) is 16.0. The molecule has 0 aromatic rings. The third kappa shape index (κ3) is 6.62. The molecule has 0 heterocycles. The standard InChI is InChI=1S/C10H24N2/c1-9(7-11)5-3-4-6-10(2)8-12/h9-10H,3-8,11-12H2,1-2H3. The van der Waals surface area contributed by atoms with Crippen LogP contribution in [0.1, 0.15) is 39.5 Å². The first kappa shape index (κ1) is 11.9. The molecule has 2 heteroatoms. The van der Waals surface area contributed by atoms with Crippen LogP contribution in [0.4, 0.5) is 0 Å². The van der Waals surface area contributed by atoms with Gasteiger partial charge in [-0.3, -0.25) is 0 Å². The molecule has 0 saturated carbocycles. The summed E-state index contributed by atoms with van der Waals surface area (Å²) in [6, 6.07) is 0. The van der Waals surface area contributed by atoms with Gasteiger partial charge in [-0.1, -0.05) is 26.7 Å². The Kier molecular flexibility index (Phi) is 7.51. The maximum absolute atomic E-state index is 5.52. The summed E-state index contributed by atoms with van der Waals surface area (Å²) in [5, 5.41) is 0. The van der Waals surface area contributed by atoms with Crippen molar-refractivity contribution in [1.29, 1.82) is 0 Å². The van der Waals surface area contributed by atoms with Gasteiger partial charge in [-0.2, -0.15) is 0 Å². The van der Waals surface area contributed by atoms with Gasteiger partial charge in [0, 0.05) is 0 Å². The average molecular weight is 172 g/mol. The van der Waals surface area contributed by atoms with Crippen molar-refractivity contribution in [3.63, 3.8) is 0 Å². The van der Waals surface area contributed by atoms with E-state index in [4.69, 9.17) is 11.5 Å². The Balaban J connectivity index is 3.10. The summed E-state index contributed by atoms with van der Waals surface area (Å²) in [6.07, 6.45) is 5.16. The average Bonchev–Trinajstić information content (AvgIpc) is 2.11. The van der Waals surface area contributed by atoms with Gasteiger partial charge >= 0.3 is 0 Å². The molecule has 2 nitrogen and oxygen atoms in total. The Hall–Kier alpha value is -0.0800. The summed E-state index contributed by atoms with van der Waals surface area (Å²) < 4.78 is 0. The summed E-state index contributed by atoms with van der Waals surface area (Å²) in [7, 11) is 0. The second-order valence-electron chi connectivity index (χ2n) is 3.97. The minimum absolute atomic E-state index is 0.693. The van der Waals surface area contributed by atoms with Gasteiger partial charge < -0.3 is 11.5 Å². The van der Waals surface area contributed by atoms with Crippen LogP contribution >= 0.6 is 0 Å². The number of rotatable bonds is 7. The molecule has 0 saturated heterocycles. The third-order valence-corrected chi connectivity index (χ3v) is 2.45. The Bertz CT molecular complexity index is 81.8. The van der Waals surface area contributed by atoms with Crippen molar-refractivity contribution in [2.45, 2.75) is 39.5 Å². The van der Waals surface area contributed by atoms with Crippen LogP contribution in [-0.4, -0.2) is 13.1 Å². The van der Waals surface area contributed by atoms with Crippen molar-refractivity contribution in [3.8, 4) is 0 Å². The smallest absolute Gasteiger partial charge is 0.00515 e. The van der Waals surface area contributed by atoms with Gasteiger partial charge in [0.15, 0.2) is 0 Å². The van der Waals surface area contributed by atoms with Crippen LogP contribution in [0.3, 0.4) is 0 Å². The quantitative estimate of drug-likeness (QED) is 0.575. The Labute approximate surface area is 76.7 Å². The van der Waals surface area contributed by atoms with Crippen LogP contribution in [0.5, 0.6) is 0 Å². The maximum atomic E-state index is 5.52. The topological polar surface area (TPSA) is 52.0 Å². The Morgan fingerprint density at radius 1 is 0.833 bits per heavy atom. The van der Waals surface area contributed by atoms with E-state index in [1.165, 1.54) is 25.7 Å². The van der Waals surface area contributed by atoms with Crippen molar-refractivity contribution in [2.24, 2.45) is 23.3 Å². The lowest BCUT2D eigenvalue weighted by molar-refractivity contribution is 0.457. The number of unbranched alkanes of at least 4 members (excludes halogenated alkanes) is 1. The molecule has 0 rings (SSSR count). The van der Waals surface area contributed by atoms with E-state index in [2.05, 4.69) is 13.8 Å². The third-order valence-electron chi connectivity index (χ3n) is 2.45. The maximum Gasteiger partial charge on any atom is -0.00515 e. The van der Waals surface area contributed by atoms with Crippen LogP contribution in [0.2, 0.25) is 0 Å². The molecule has 12 heavy (non-hydrogen) atoms. The second kappa shape index (κ2) is 7.56. The van der Waals surface area contributed by atoms with Gasteiger partial charge in [0.1, 0.15) is 0 Å². The van der Waals surface area contributed by atoms with E-state index < -0.39 is 0 Å². The monoisotopic (exact) mass is 172 g/mol. The summed E-state index contributed by atoms with van der Waals surface area (Å²) in [5.41, 5.74) is 11.0. The molecule has 0 aromatic carbocycles. The van der Waals surface area contributed by atoms with E-state index in [0.29, 0.717) is 11.8 Å². The molecule has 0 aliphatic carbocycles. The minimum atomic E-state index is 0.693. The van der Waals surface area contributed by atoms with E-state index >= 15 is 0 Å². The van der Waals surface area contributed by atoms with Gasteiger partial charge in [-0.05, 0) is 37.8 Å². The lowest BCUT2D eigenvalue weighted by Gasteiger charge is -2.10. The fourth-order valence-corrected chi connectivity index (χ4v) is 1.22. The molecule has 2 unspecified atom stereocenters. The van der Waals surface area contributed by atoms with Gasteiger partial charge in [0.2, 0.25) is 0 Å². The van der Waals surface area contributed by atoms with E-state index in [-0.39, 0.29) is 0 Å². The molecule has 0 radical (unpaired) electrons. The highest BCUT2D eigenvalue weighted by Crippen LogP contribution is 2.11. The van der Waals surface area contributed by atoms with Crippen LogP contribution < -0.4 is 11.5 Å². The van der Waals surface area contributed by atoms with Gasteiger partial charge in [-0.15, -0.1) is 0 Å². The molecular formula is C10H24N2. The first-order valence-corrected chi connectivity index (χ1v) is 5.10. The fourth-order valence-electron chi connectivity index (χ4n) is 1.22. The van der Waals surface area contributed by atoms with Crippen LogP contribution in [-0.2, 0) is 0 Å². The van der Waals surface area contributed by atoms with Crippen molar-refractivity contribution < 1.29 is 0 Å². The van der Waals surface area contributed by atoms with Crippen LogP contribution in [0, 0.1) is 11.8 Å². The zero-order valence-electron chi connectivity index (χ0n) is 8.55. The predicted octanol–water partition coefficient (Wildman–Crippen LogP) is 1.74. The highest BCUT2D eigenvalue weighted by Gasteiger charge is 2.01.